The van der Waals surface area contributed by atoms with Crippen LogP contribution in [0, 0.1) is 0 Å². The summed E-state index contributed by atoms with van der Waals surface area (Å²) in [4.78, 5) is 11.9. The molecule has 0 saturated carbocycles. The topological polar surface area (TPSA) is 64.3 Å². The lowest BCUT2D eigenvalue weighted by molar-refractivity contribution is 0.102. The lowest BCUT2D eigenvalue weighted by atomic mass is 10.2. The predicted molar refractivity (Wildman–Crippen MR) is 71.8 cm³/mol. The van der Waals surface area contributed by atoms with Gasteiger partial charge in [0.25, 0.3) is 5.91 Å². The fourth-order valence-corrected chi connectivity index (χ4v) is 1.57. The minimum Gasteiger partial charge on any atom is -0.497 e. The molecule has 0 atom stereocenters. The molecule has 0 spiro atoms. The number of carbonyl (C=O) groups is 1. The smallest absolute Gasteiger partial charge is 0.255 e. The largest absolute Gasteiger partial charge is 0.497 e. The lowest BCUT2D eigenvalue weighted by Gasteiger charge is -2.09. The summed E-state index contributed by atoms with van der Waals surface area (Å²) < 4.78 is 5.05. The molecule has 2 rings (SSSR count). The first-order valence-corrected chi connectivity index (χ1v) is 5.50. The molecule has 0 fully saturated rings. The number of hydrogen-bond donors (Lipinski definition) is 2. The normalized spacial score (nSPS) is 9.83. The monoisotopic (exact) mass is 242 g/mol. The lowest BCUT2D eigenvalue weighted by Crippen LogP contribution is -2.12. The number of nitrogen functional groups attached to an aromatic ring is 1. The van der Waals surface area contributed by atoms with Gasteiger partial charge in [0.15, 0.2) is 0 Å². The van der Waals surface area contributed by atoms with Crippen molar-refractivity contribution in [2.75, 3.05) is 18.2 Å². The summed E-state index contributed by atoms with van der Waals surface area (Å²) in [5.41, 5.74) is 7.46. The van der Waals surface area contributed by atoms with Crippen molar-refractivity contribution in [2.24, 2.45) is 0 Å². The number of hydrogen-bond acceptors (Lipinski definition) is 3. The van der Waals surface area contributed by atoms with Gasteiger partial charge in [0.1, 0.15) is 5.75 Å². The molecule has 2 aromatic carbocycles. The second kappa shape index (κ2) is 5.23. The van der Waals surface area contributed by atoms with Gasteiger partial charge in [-0.2, -0.15) is 0 Å². The van der Waals surface area contributed by atoms with Crippen LogP contribution in [0.2, 0.25) is 0 Å². The van der Waals surface area contributed by atoms with Crippen LogP contribution in [-0.4, -0.2) is 13.0 Å². The minimum absolute atomic E-state index is 0.188. The Morgan fingerprint density at radius 3 is 2.50 bits per heavy atom. The summed E-state index contributed by atoms with van der Waals surface area (Å²) in [6, 6.07) is 14.1. The number of amides is 1. The number of carbonyl (C=O) groups excluding carboxylic acids is 1. The molecule has 18 heavy (non-hydrogen) atoms. The van der Waals surface area contributed by atoms with Crippen molar-refractivity contribution in [1.29, 1.82) is 0 Å². The predicted octanol–water partition coefficient (Wildman–Crippen LogP) is 2.53. The third kappa shape index (κ3) is 2.60. The van der Waals surface area contributed by atoms with Crippen LogP contribution in [0.25, 0.3) is 0 Å². The van der Waals surface area contributed by atoms with Crippen LogP contribution in [0.4, 0.5) is 11.4 Å². The third-order valence-electron chi connectivity index (χ3n) is 2.54. The molecule has 1 amide bonds. The molecule has 3 N–H and O–H groups in total. The van der Waals surface area contributed by atoms with E-state index in [-0.39, 0.29) is 5.91 Å². The highest BCUT2D eigenvalue weighted by atomic mass is 16.5. The standard InChI is InChI=1S/C14H14N2O2/c1-18-11-7-8-13(12(15)9-11)16-14(17)10-5-3-2-4-6-10/h2-9H,15H2,1H3,(H,16,17). The van der Waals surface area contributed by atoms with E-state index in [2.05, 4.69) is 5.32 Å². The van der Waals surface area contributed by atoms with Crippen molar-refractivity contribution >= 4 is 17.3 Å². The average Bonchev–Trinajstić information content (AvgIpc) is 2.42. The first-order valence-electron chi connectivity index (χ1n) is 5.50. The molecule has 92 valence electrons. The highest BCUT2D eigenvalue weighted by Crippen LogP contribution is 2.24. The van der Waals surface area contributed by atoms with E-state index in [4.69, 9.17) is 10.5 Å². The van der Waals surface area contributed by atoms with Crippen LogP contribution in [0.1, 0.15) is 10.4 Å². The van der Waals surface area contributed by atoms with Gasteiger partial charge in [-0.3, -0.25) is 4.79 Å². The third-order valence-corrected chi connectivity index (χ3v) is 2.54. The van der Waals surface area contributed by atoms with E-state index in [0.29, 0.717) is 22.7 Å². The molecule has 2 aromatic rings. The maximum Gasteiger partial charge on any atom is 0.255 e. The van der Waals surface area contributed by atoms with E-state index >= 15 is 0 Å². The fourth-order valence-electron chi connectivity index (χ4n) is 1.57. The molecule has 0 bridgehead atoms. The van der Waals surface area contributed by atoms with Gasteiger partial charge in [0.05, 0.1) is 18.5 Å². The number of methoxy groups -OCH3 is 1. The summed E-state index contributed by atoms with van der Waals surface area (Å²) in [5.74, 6) is 0.470. The van der Waals surface area contributed by atoms with E-state index in [9.17, 15) is 4.79 Å². The Bertz CT molecular complexity index is 553. The van der Waals surface area contributed by atoms with Gasteiger partial charge < -0.3 is 15.8 Å². The molecule has 0 aliphatic rings. The van der Waals surface area contributed by atoms with E-state index in [0.717, 1.165) is 0 Å². The summed E-state index contributed by atoms with van der Waals surface area (Å²) in [6.07, 6.45) is 0. The Labute approximate surface area is 105 Å². The molecule has 4 heteroatoms. The van der Waals surface area contributed by atoms with Gasteiger partial charge in [-0.15, -0.1) is 0 Å². The fraction of sp³-hybridized carbons (Fsp3) is 0.0714. The van der Waals surface area contributed by atoms with Gasteiger partial charge in [-0.1, -0.05) is 18.2 Å². The average molecular weight is 242 g/mol. The molecule has 0 saturated heterocycles. The number of nitrogens with two attached hydrogens (primary N) is 1. The van der Waals surface area contributed by atoms with Crippen molar-refractivity contribution in [2.45, 2.75) is 0 Å². The Morgan fingerprint density at radius 1 is 1.17 bits per heavy atom. The Hall–Kier alpha value is -2.49. The molecule has 0 aromatic heterocycles. The number of ether oxygens (including phenoxy) is 1. The van der Waals surface area contributed by atoms with Crippen LogP contribution in [-0.2, 0) is 0 Å². The zero-order valence-corrected chi connectivity index (χ0v) is 10.0. The summed E-state index contributed by atoms with van der Waals surface area (Å²) >= 11 is 0. The van der Waals surface area contributed by atoms with Crippen molar-refractivity contribution in [3.8, 4) is 5.75 Å². The van der Waals surface area contributed by atoms with Crippen LogP contribution in [0.15, 0.2) is 48.5 Å². The van der Waals surface area contributed by atoms with Crippen LogP contribution < -0.4 is 15.8 Å². The second-order valence-electron chi connectivity index (χ2n) is 3.77. The van der Waals surface area contributed by atoms with Crippen molar-refractivity contribution in [3.05, 3.63) is 54.1 Å². The first kappa shape index (κ1) is 12.0. The van der Waals surface area contributed by atoms with E-state index in [1.54, 1.807) is 37.4 Å². The number of rotatable bonds is 3. The molecule has 0 aliphatic carbocycles. The number of nitrogens with one attached hydrogen (secondary N) is 1. The van der Waals surface area contributed by atoms with Gasteiger partial charge in [0.2, 0.25) is 0 Å². The summed E-state index contributed by atoms with van der Waals surface area (Å²) in [6.45, 7) is 0. The Balaban J connectivity index is 2.17. The molecule has 0 radical (unpaired) electrons. The van der Waals surface area contributed by atoms with E-state index in [1.807, 2.05) is 18.2 Å². The van der Waals surface area contributed by atoms with Crippen molar-refractivity contribution in [1.82, 2.24) is 0 Å². The molecular formula is C14H14N2O2. The van der Waals surface area contributed by atoms with Crippen LogP contribution in [0.5, 0.6) is 5.75 Å². The molecule has 0 aliphatic heterocycles. The quantitative estimate of drug-likeness (QED) is 0.813. The SMILES string of the molecule is COc1ccc(NC(=O)c2ccccc2)c(N)c1. The zero-order valence-electron chi connectivity index (χ0n) is 10.0. The van der Waals surface area contributed by atoms with E-state index in [1.165, 1.54) is 0 Å². The summed E-state index contributed by atoms with van der Waals surface area (Å²) in [5, 5.41) is 2.76. The highest BCUT2D eigenvalue weighted by Gasteiger charge is 2.07. The van der Waals surface area contributed by atoms with Crippen LogP contribution in [0.3, 0.4) is 0 Å². The molecule has 4 nitrogen and oxygen atoms in total. The van der Waals surface area contributed by atoms with Gasteiger partial charge >= 0.3 is 0 Å². The first-order chi connectivity index (χ1) is 8.70. The maximum absolute atomic E-state index is 11.9. The zero-order chi connectivity index (χ0) is 13.0. The Morgan fingerprint density at radius 2 is 1.89 bits per heavy atom. The molecule has 0 heterocycles. The summed E-state index contributed by atoms with van der Waals surface area (Å²) in [7, 11) is 1.57. The van der Waals surface area contributed by atoms with Gasteiger partial charge in [-0.05, 0) is 24.3 Å². The minimum atomic E-state index is -0.188. The maximum atomic E-state index is 11.9. The van der Waals surface area contributed by atoms with Gasteiger partial charge in [0, 0.05) is 11.6 Å². The highest BCUT2D eigenvalue weighted by molar-refractivity contribution is 6.05. The van der Waals surface area contributed by atoms with Crippen molar-refractivity contribution < 1.29 is 9.53 Å². The molecule has 0 unspecified atom stereocenters. The number of anilines is 2. The molecular weight excluding hydrogens is 228 g/mol. The van der Waals surface area contributed by atoms with E-state index < -0.39 is 0 Å². The number of benzene rings is 2. The second-order valence-corrected chi connectivity index (χ2v) is 3.77. The van der Waals surface area contributed by atoms with Crippen LogP contribution >= 0.6 is 0 Å². The Kier molecular flexibility index (Phi) is 3.48. The van der Waals surface area contributed by atoms with Gasteiger partial charge in [-0.25, -0.2) is 0 Å². The van der Waals surface area contributed by atoms with Crippen molar-refractivity contribution in [3.63, 3.8) is 0 Å².